The lowest BCUT2D eigenvalue weighted by atomic mass is 9.92. The van der Waals surface area contributed by atoms with Crippen molar-refractivity contribution in [2.24, 2.45) is 5.92 Å². The number of piperidine rings is 1. The molecule has 2 aliphatic rings. The highest BCUT2D eigenvalue weighted by Crippen LogP contribution is 2.39. The molecule has 1 aromatic carbocycles. The second-order valence-corrected chi connectivity index (χ2v) is 9.41. The molecule has 0 spiro atoms. The highest BCUT2D eigenvalue weighted by Gasteiger charge is 2.30. The molecule has 0 amide bonds. The lowest BCUT2D eigenvalue weighted by Crippen LogP contribution is -2.34. The third-order valence-electron chi connectivity index (χ3n) is 6.70. The first-order valence-electron chi connectivity index (χ1n) is 12.2. The van der Waals surface area contributed by atoms with E-state index in [2.05, 4.69) is 15.0 Å². The van der Waals surface area contributed by atoms with E-state index in [0.29, 0.717) is 30.0 Å². The van der Waals surface area contributed by atoms with E-state index in [-0.39, 0.29) is 25.2 Å². The van der Waals surface area contributed by atoms with Gasteiger partial charge in [0.25, 0.3) is 0 Å². The van der Waals surface area contributed by atoms with Crippen LogP contribution in [0.3, 0.4) is 0 Å². The average Bonchev–Trinajstić information content (AvgIpc) is 3.57. The van der Waals surface area contributed by atoms with E-state index < -0.39 is 6.10 Å². The molecule has 0 radical (unpaired) electrons. The summed E-state index contributed by atoms with van der Waals surface area (Å²) in [4.78, 5) is 19.1. The number of hydrogen-bond acceptors (Lipinski definition) is 8. The Bertz CT molecular complexity index is 919. The van der Waals surface area contributed by atoms with E-state index in [9.17, 15) is 9.90 Å². The number of carbonyl (C=O) groups excluding carboxylic acids is 1. The SMILES string of the molecule is Cc1cc(OCCCC2CCN(c3nc(C4CC4)no3)CC2)ccc1C(=O)CC[C@H](O)CO. The Morgan fingerprint density at radius 3 is 2.76 bits per heavy atom. The van der Waals surface area contributed by atoms with E-state index in [1.807, 2.05) is 19.1 Å². The van der Waals surface area contributed by atoms with Crippen LogP contribution in [0.2, 0.25) is 0 Å². The zero-order chi connectivity index (χ0) is 23.2. The number of benzene rings is 1. The Morgan fingerprint density at radius 2 is 2.06 bits per heavy atom. The second kappa shape index (κ2) is 11.1. The highest BCUT2D eigenvalue weighted by atomic mass is 16.5. The number of aryl methyl sites for hydroxylation is 1. The van der Waals surface area contributed by atoms with Crippen molar-refractivity contribution in [2.75, 3.05) is 31.2 Å². The average molecular weight is 458 g/mol. The van der Waals surface area contributed by atoms with Crippen molar-refractivity contribution in [1.82, 2.24) is 10.1 Å². The van der Waals surface area contributed by atoms with E-state index in [0.717, 1.165) is 55.9 Å². The zero-order valence-corrected chi connectivity index (χ0v) is 19.4. The number of anilines is 1. The quantitative estimate of drug-likeness (QED) is 0.367. The molecule has 8 nitrogen and oxygen atoms in total. The van der Waals surface area contributed by atoms with Crippen LogP contribution in [-0.2, 0) is 0 Å². The minimum absolute atomic E-state index is 0.0258. The van der Waals surface area contributed by atoms with Gasteiger partial charge in [-0.25, -0.2) is 0 Å². The number of Topliss-reactive ketones (excluding diaryl/α,β-unsaturated/α-hetero) is 1. The number of aliphatic hydroxyl groups excluding tert-OH is 2. The third kappa shape index (κ3) is 6.54. The number of rotatable bonds is 12. The van der Waals surface area contributed by atoms with Gasteiger partial charge in [-0.05, 0) is 81.5 Å². The van der Waals surface area contributed by atoms with Gasteiger partial charge in [-0.2, -0.15) is 4.98 Å². The summed E-state index contributed by atoms with van der Waals surface area (Å²) < 4.78 is 11.4. The molecule has 4 rings (SSSR count). The van der Waals surface area contributed by atoms with Crippen LogP contribution in [0.4, 0.5) is 6.01 Å². The van der Waals surface area contributed by atoms with Gasteiger partial charge >= 0.3 is 6.01 Å². The van der Waals surface area contributed by atoms with E-state index >= 15 is 0 Å². The maximum Gasteiger partial charge on any atom is 0.324 e. The molecule has 180 valence electrons. The van der Waals surface area contributed by atoms with Gasteiger partial charge in [-0.3, -0.25) is 4.79 Å². The fraction of sp³-hybridized carbons (Fsp3) is 0.640. The number of aromatic nitrogens is 2. The van der Waals surface area contributed by atoms with Crippen molar-refractivity contribution in [3.63, 3.8) is 0 Å². The van der Waals surface area contributed by atoms with Crippen LogP contribution in [0.5, 0.6) is 5.75 Å². The predicted octanol–water partition coefficient (Wildman–Crippen LogP) is 3.65. The molecular weight excluding hydrogens is 422 g/mol. The molecule has 2 fully saturated rings. The predicted molar refractivity (Wildman–Crippen MR) is 124 cm³/mol. The normalized spacial score (nSPS) is 17.8. The summed E-state index contributed by atoms with van der Waals surface area (Å²) in [5, 5.41) is 22.4. The fourth-order valence-corrected chi connectivity index (χ4v) is 4.40. The highest BCUT2D eigenvalue weighted by molar-refractivity contribution is 5.97. The molecule has 1 aliphatic carbocycles. The number of ketones is 1. The fourth-order valence-electron chi connectivity index (χ4n) is 4.40. The molecule has 1 saturated heterocycles. The van der Waals surface area contributed by atoms with E-state index in [4.69, 9.17) is 14.4 Å². The first-order chi connectivity index (χ1) is 16.0. The van der Waals surface area contributed by atoms with Crippen LogP contribution >= 0.6 is 0 Å². The molecule has 2 heterocycles. The summed E-state index contributed by atoms with van der Waals surface area (Å²) in [6.07, 6.45) is 6.39. The number of carbonyl (C=O) groups is 1. The number of aliphatic hydroxyl groups is 2. The Morgan fingerprint density at radius 1 is 1.27 bits per heavy atom. The van der Waals surface area contributed by atoms with Crippen molar-refractivity contribution in [2.45, 2.75) is 70.3 Å². The lowest BCUT2D eigenvalue weighted by Gasteiger charge is -2.30. The third-order valence-corrected chi connectivity index (χ3v) is 6.70. The molecule has 1 aromatic heterocycles. The van der Waals surface area contributed by atoms with Gasteiger partial charge in [0.2, 0.25) is 0 Å². The van der Waals surface area contributed by atoms with Crippen molar-refractivity contribution in [3.05, 3.63) is 35.2 Å². The Hall–Kier alpha value is -2.45. The number of nitrogens with zero attached hydrogens (tertiary/aromatic N) is 3. The topological polar surface area (TPSA) is 109 Å². The zero-order valence-electron chi connectivity index (χ0n) is 19.4. The van der Waals surface area contributed by atoms with Gasteiger partial charge in [-0.15, -0.1) is 0 Å². The number of hydrogen-bond donors (Lipinski definition) is 2. The molecule has 0 unspecified atom stereocenters. The van der Waals surface area contributed by atoms with Crippen LogP contribution in [-0.4, -0.2) is 58.5 Å². The van der Waals surface area contributed by atoms with Gasteiger partial charge in [-0.1, -0.05) is 5.16 Å². The van der Waals surface area contributed by atoms with Gasteiger partial charge in [0.15, 0.2) is 11.6 Å². The van der Waals surface area contributed by atoms with Crippen LogP contribution < -0.4 is 9.64 Å². The van der Waals surface area contributed by atoms with Gasteiger partial charge < -0.3 is 24.4 Å². The van der Waals surface area contributed by atoms with E-state index in [1.165, 1.54) is 12.8 Å². The molecule has 1 atom stereocenters. The maximum absolute atomic E-state index is 12.3. The van der Waals surface area contributed by atoms with Crippen LogP contribution in [0.25, 0.3) is 0 Å². The Labute approximate surface area is 194 Å². The molecule has 0 bridgehead atoms. The second-order valence-electron chi connectivity index (χ2n) is 9.41. The molecule has 33 heavy (non-hydrogen) atoms. The molecule has 1 saturated carbocycles. The van der Waals surface area contributed by atoms with Gasteiger partial charge in [0.05, 0.1) is 19.3 Å². The summed E-state index contributed by atoms with van der Waals surface area (Å²) >= 11 is 0. The molecule has 8 heteroatoms. The van der Waals surface area contributed by atoms with Gasteiger partial charge in [0, 0.05) is 31.0 Å². The van der Waals surface area contributed by atoms with Crippen molar-refractivity contribution in [1.29, 1.82) is 0 Å². The Kier molecular flexibility index (Phi) is 7.98. The minimum atomic E-state index is -0.844. The van der Waals surface area contributed by atoms with Crippen molar-refractivity contribution < 1.29 is 24.3 Å². The summed E-state index contributed by atoms with van der Waals surface area (Å²) in [5.74, 6) is 2.83. The summed E-state index contributed by atoms with van der Waals surface area (Å²) in [7, 11) is 0. The largest absolute Gasteiger partial charge is 0.494 e. The van der Waals surface area contributed by atoms with Crippen LogP contribution in [0.15, 0.2) is 22.7 Å². The molecule has 2 N–H and O–H groups in total. The van der Waals surface area contributed by atoms with Crippen molar-refractivity contribution in [3.8, 4) is 5.75 Å². The maximum atomic E-state index is 12.3. The smallest absolute Gasteiger partial charge is 0.324 e. The number of ether oxygens (including phenoxy) is 1. The summed E-state index contributed by atoms with van der Waals surface area (Å²) in [5.41, 5.74) is 1.51. The standard InChI is InChI=1S/C25H35N3O5/c1-17-15-21(7-8-22(17)23(31)9-6-20(30)16-29)32-14-2-3-18-10-12-28(13-11-18)25-26-24(27-33-25)19-4-5-19/h7-8,15,18-20,29-30H,2-6,9-14,16H2,1H3/t20-/m0/s1. The first-order valence-corrected chi connectivity index (χ1v) is 12.2. The molecule has 2 aromatic rings. The molecular formula is C25H35N3O5. The summed E-state index contributed by atoms with van der Waals surface area (Å²) in [6.45, 7) is 4.15. The van der Waals surface area contributed by atoms with Crippen LogP contribution in [0, 0.1) is 12.8 Å². The van der Waals surface area contributed by atoms with E-state index in [1.54, 1.807) is 6.07 Å². The van der Waals surface area contributed by atoms with Gasteiger partial charge in [0.1, 0.15) is 5.75 Å². The molecule has 1 aliphatic heterocycles. The first kappa shape index (κ1) is 23.7. The summed E-state index contributed by atoms with van der Waals surface area (Å²) in [6, 6.07) is 6.21. The lowest BCUT2D eigenvalue weighted by molar-refractivity contribution is 0.0779. The van der Waals surface area contributed by atoms with Crippen LogP contribution in [0.1, 0.15) is 79.0 Å². The monoisotopic (exact) mass is 457 g/mol. The minimum Gasteiger partial charge on any atom is -0.494 e. The van der Waals surface area contributed by atoms with Crippen molar-refractivity contribution >= 4 is 11.8 Å². The Balaban J connectivity index is 1.14.